The van der Waals surface area contributed by atoms with Gasteiger partial charge in [0.1, 0.15) is 5.60 Å². The fourth-order valence-corrected chi connectivity index (χ4v) is 4.28. The highest BCUT2D eigenvalue weighted by molar-refractivity contribution is 7.72. The first-order valence-electron chi connectivity index (χ1n) is 8.30. The molecule has 11 heteroatoms. The van der Waals surface area contributed by atoms with E-state index < -0.39 is 36.2 Å². The average molecular weight is 410 g/mol. The number of ether oxygens (including phenoxy) is 1. The van der Waals surface area contributed by atoms with Crippen LogP contribution in [0.2, 0.25) is 0 Å². The van der Waals surface area contributed by atoms with Crippen LogP contribution in [0.5, 0.6) is 0 Å². The Kier molecular flexibility index (Phi) is 5.82. The highest BCUT2D eigenvalue weighted by atomic mass is 31.2. The summed E-state index contributed by atoms with van der Waals surface area (Å²) < 4.78 is 28.3. The quantitative estimate of drug-likeness (QED) is 0.343. The summed E-state index contributed by atoms with van der Waals surface area (Å²) in [5.74, 6) is -0.721. The number of nitrogens with zero attached hydrogens (tertiary/aromatic N) is 3. The standard InChI is InChI=1S/C17H23N4O6P/c1-16(2,3)27-15(23)19-17(13(20-18)28(24,25-5)26-6)11-9-7-8-10-12(11)21(4)14(17)22/h7-10H,1-6H3,(H,19,23)/t17-/m0/s1. The third-order valence-corrected chi connectivity index (χ3v) is 6.06. The molecule has 152 valence electrons. The van der Waals surface area contributed by atoms with Gasteiger partial charge in [-0.05, 0) is 26.8 Å². The van der Waals surface area contributed by atoms with Gasteiger partial charge in [0, 0.05) is 26.8 Å². The van der Waals surface area contributed by atoms with Crippen molar-refractivity contribution in [3.63, 3.8) is 0 Å². The summed E-state index contributed by atoms with van der Waals surface area (Å²) in [4.78, 5) is 30.2. The van der Waals surface area contributed by atoms with E-state index in [0.717, 1.165) is 14.2 Å². The highest BCUT2D eigenvalue weighted by Gasteiger charge is 2.67. The fraction of sp³-hybridized carbons (Fsp3) is 0.471. The molecular weight excluding hydrogens is 387 g/mol. The molecule has 0 aliphatic carbocycles. The lowest BCUT2D eigenvalue weighted by Gasteiger charge is -2.28. The van der Waals surface area contributed by atoms with Gasteiger partial charge >= 0.3 is 19.1 Å². The van der Waals surface area contributed by atoms with Crippen molar-refractivity contribution >= 4 is 30.7 Å². The van der Waals surface area contributed by atoms with Gasteiger partial charge in [0.05, 0.1) is 5.69 Å². The van der Waals surface area contributed by atoms with E-state index in [9.17, 15) is 19.7 Å². The van der Waals surface area contributed by atoms with Crippen LogP contribution in [0.15, 0.2) is 24.3 Å². The predicted molar refractivity (Wildman–Crippen MR) is 101 cm³/mol. The van der Waals surface area contributed by atoms with Crippen LogP contribution in [-0.2, 0) is 28.7 Å². The van der Waals surface area contributed by atoms with E-state index >= 15 is 0 Å². The average Bonchev–Trinajstić information content (AvgIpc) is 2.83. The summed E-state index contributed by atoms with van der Waals surface area (Å²) in [6, 6.07) is 6.48. The molecule has 0 fully saturated rings. The van der Waals surface area contributed by atoms with Crippen LogP contribution >= 0.6 is 7.60 Å². The van der Waals surface area contributed by atoms with Gasteiger partial charge in [0.15, 0.2) is 0 Å². The second-order valence-electron chi connectivity index (χ2n) is 7.04. The maximum atomic E-state index is 13.3. The Bertz CT molecular complexity index is 897. The molecule has 1 atom stereocenters. The van der Waals surface area contributed by atoms with E-state index in [1.54, 1.807) is 39.0 Å². The Morgan fingerprint density at radius 2 is 1.82 bits per heavy atom. The van der Waals surface area contributed by atoms with Crippen molar-refractivity contribution in [3.05, 3.63) is 35.4 Å². The van der Waals surface area contributed by atoms with Crippen LogP contribution in [0.3, 0.4) is 0 Å². The van der Waals surface area contributed by atoms with Crippen LogP contribution in [0.1, 0.15) is 26.3 Å². The Labute approximate surface area is 162 Å². The summed E-state index contributed by atoms with van der Waals surface area (Å²) in [5.41, 5.74) is 6.66. The van der Waals surface area contributed by atoms with E-state index in [-0.39, 0.29) is 5.56 Å². The predicted octanol–water partition coefficient (Wildman–Crippen LogP) is 2.50. The molecule has 0 saturated carbocycles. The third kappa shape index (κ3) is 3.47. The smallest absolute Gasteiger partial charge is 0.440 e. The number of carbonyl (C=O) groups excluding carboxylic acids is 2. The molecule has 1 aromatic rings. The lowest BCUT2D eigenvalue weighted by atomic mass is 9.92. The van der Waals surface area contributed by atoms with Crippen LogP contribution in [-0.4, -0.2) is 49.1 Å². The lowest BCUT2D eigenvalue weighted by molar-refractivity contribution is -0.123. The van der Waals surface area contributed by atoms with Crippen LogP contribution in [0.25, 0.3) is 5.53 Å². The number of alkyl carbamates (subject to hydrolysis) is 1. The zero-order valence-corrected chi connectivity index (χ0v) is 17.4. The second-order valence-corrected chi connectivity index (χ2v) is 9.19. The molecular formula is C17H23N4O6P. The number of amides is 2. The normalized spacial score (nSPS) is 19.1. The molecule has 2 amide bonds. The number of benzene rings is 1. The van der Waals surface area contributed by atoms with Gasteiger partial charge in [-0.15, -0.1) is 0 Å². The molecule has 28 heavy (non-hydrogen) atoms. The molecule has 0 unspecified atom stereocenters. The molecule has 1 aliphatic heterocycles. The Balaban J connectivity index is 2.78. The summed E-state index contributed by atoms with van der Waals surface area (Å²) in [5, 5.41) is 2.44. The number of likely N-dealkylation sites (N-methyl/N-ethyl adjacent to an activating group) is 1. The number of hydrogen-bond donors (Lipinski definition) is 1. The van der Waals surface area contributed by atoms with Crippen molar-refractivity contribution in [1.82, 2.24) is 5.32 Å². The van der Waals surface area contributed by atoms with Crippen molar-refractivity contribution in [1.29, 1.82) is 0 Å². The molecule has 0 bridgehead atoms. The van der Waals surface area contributed by atoms with Crippen molar-refractivity contribution in [2.24, 2.45) is 0 Å². The van der Waals surface area contributed by atoms with Crippen molar-refractivity contribution in [2.45, 2.75) is 31.9 Å². The van der Waals surface area contributed by atoms with Gasteiger partial charge in [0.2, 0.25) is 0 Å². The SMILES string of the molecule is COP(=O)(OC)C(=[N+]=[N-])[C@]1(NC(=O)OC(C)(C)C)C(=O)N(C)c2ccccc21. The number of hydrogen-bond acceptors (Lipinski definition) is 6. The van der Waals surface area contributed by atoms with Crippen LogP contribution in [0.4, 0.5) is 10.5 Å². The first-order valence-corrected chi connectivity index (χ1v) is 9.84. The molecule has 0 radical (unpaired) electrons. The summed E-state index contributed by atoms with van der Waals surface area (Å²) in [7, 11) is -0.629. The zero-order chi connectivity index (χ0) is 21.3. The third-order valence-electron chi connectivity index (χ3n) is 4.15. The number of carbonyl (C=O) groups is 2. The Morgan fingerprint density at radius 1 is 1.25 bits per heavy atom. The molecule has 10 nitrogen and oxygen atoms in total. The van der Waals surface area contributed by atoms with Crippen molar-refractivity contribution in [2.75, 3.05) is 26.2 Å². The van der Waals surface area contributed by atoms with E-state index in [1.165, 1.54) is 18.0 Å². The van der Waals surface area contributed by atoms with Gasteiger partial charge in [-0.2, -0.15) is 4.79 Å². The maximum absolute atomic E-state index is 13.3. The lowest BCUT2D eigenvalue weighted by Crippen LogP contribution is -2.58. The summed E-state index contributed by atoms with van der Waals surface area (Å²) in [6.07, 6.45) is -0.981. The first kappa shape index (κ1) is 21.8. The highest BCUT2D eigenvalue weighted by Crippen LogP contribution is 2.55. The summed E-state index contributed by atoms with van der Waals surface area (Å²) in [6.45, 7) is 4.93. The van der Waals surface area contributed by atoms with Gasteiger partial charge in [-0.1, -0.05) is 18.2 Å². The fourth-order valence-electron chi connectivity index (χ4n) is 2.99. The Hall–Kier alpha value is -2.51. The summed E-state index contributed by atoms with van der Waals surface area (Å²) >= 11 is 0. The number of anilines is 1. The number of fused-ring (bicyclic) bond motifs is 1. The minimum Gasteiger partial charge on any atom is -0.444 e. The van der Waals surface area contributed by atoms with Crippen LogP contribution < -0.4 is 10.2 Å². The molecule has 0 spiro atoms. The van der Waals surface area contributed by atoms with E-state index in [2.05, 4.69) is 10.1 Å². The van der Waals surface area contributed by atoms with Gasteiger partial charge < -0.3 is 24.2 Å². The second kappa shape index (κ2) is 7.48. The molecule has 0 aromatic heterocycles. The number of para-hydroxylation sites is 1. The molecule has 1 aliphatic rings. The molecule has 0 saturated heterocycles. The monoisotopic (exact) mass is 410 g/mol. The molecule has 1 aromatic carbocycles. The van der Waals surface area contributed by atoms with Crippen LogP contribution in [0, 0.1) is 0 Å². The number of rotatable bonds is 5. The first-order chi connectivity index (χ1) is 13.0. The van der Waals surface area contributed by atoms with E-state index in [1.807, 2.05) is 0 Å². The molecule has 2 rings (SSSR count). The topological polar surface area (TPSA) is 131 Å². The minimum absolute atomic E-state index is 0.232. The number of nitrogens with one attached hydrogen (secondary N) is 1. The molecule has 1 N–H and O–H groups in total. The van der Waals surface area contributed by atoms with Gasteiger partial charge in [-0.25, -0.2) is 9.36 Å². The van der Waals surface area contributed by atoms with Gasteiger partial charge in [-0.3, -0.25) is 10.1 Å². The zero-order valence-electron chi connectivity index (χ0n) is 16.5. The Morgan fingerprint density at radius 3 is 2.32 bits per heavy atom. The minimum atomic E-state index is -4.25. The van der Waals surface area contributed by atoms with E-state index in [0.29, 0.717) is 5.69 Å². The maximum Gasteiger partial charge on any atom is 0.440 e. The van der Waals surface area contributed by atoms with Gasteiger partial charge in [0.25, 0.3) is 11.4 Å². The largest absolute Gasteiger partial charge is 0.444 e. The van der Waals surface area contributed by atoms with Crippen molar-refractivity contribution in [3.8, 4) is 0 Å². The molecule has 1 heterocycles. The van der Waals surface area contributed by atoms with E-state index in [4.69, 9.17) is 13.8 Å². The van der Waals surface area contributed by atoms with Crippen molar-refractivity contribution < 1.29 is 32.7 Å².